The van der Waals surface area contributed by atoms with Crippen molar-refractivity contribution in [3.63, 3.8) is 0 Å². The molecule has 0 amide bonds. The molecule has 0 rings (SSSR count). The molecule has 0 fully saturated rings. The number of rotatable bonds is 9. The second-order valence-corrected chi connectivity index (χ2v) is 3.29. The van der Waals surface area contributed by atoms with Crippen LogP contribution in [0.25, 0.3) is 0 Å². The molecule has 0 spiro atoms. The Morgan fingerprint density at radius 3 is 2.69 bits per heavy atom. The summed E-state index contributed by atoms with van der Waals surface area (Å²) >= 11 is 0. The normalized spacial score (nSPS) is 13.2. The lowest BCUT2D eigenvalue weighted by molar-refractivity contribution is 0.133. The summed E-state index contributed by atoms with van der Waals surface area (Å²) in [5.74, 6) is 0.684. The Morgan fingerprint density at radius 1 is 1.31 bits per heavy atom. The van der Waals surface area contributed by atoms with Gasteiger partial charge in [0.1, 0.15) is 0 Å². The van der Waals surface area contributed by atoms with Gasteiger partial charge in [-0.25, -0.2) is 0 Å². The molecule has 3 heteroatoms. The first-order chi connectivity index (χ1) is 6.31. The smallest absolute Gasteiger partial charge is 0.0587 e. The maximum absolute atomic E-state index is 5.28. The zero-order valence-corrected chi connectivity index (χ0v) is 9.14. The number of hydrogen-bond donors (Lipinski definition) is 1. The fourth-order valence-electron chi connectivity index (χ4n) is 1.05. The molecule has 0 aromatic carbocycles. The highest BCUT2D eigenvalue weighted by Crippen LogP contribution is 1.99. The van der Waals surface area contributed by atoms with Crippen LogP contribution >= 0.6 is 0 Å². The highest BCUT2D eigenvalue weighted by atomic mass is 16.5. The zero-order chi connectivity index (χ0) is 9.94. The van der Waals surface area contributed by atoms with Gasteiger partial charge in [-0.05, 0) is 25.8 Å². The van der Waals surface area contributed by atoms with Crippen LogP contribution in [-0.4, -0.2) is 40.0 Å². The van der Waals surface area contributed by atoms with Gasteiger partial charge in [0.2, 0.25) is 0 Å². The van der Waals surface area contributed by atoms with Crippen LogP contribution in [0.5, 0.6) is 0 Å². The van der Waals surface area contributed by atoms with E-state index >= 15 is 0 Å². The minimum Gasteiger partial charge on any atom is -0.383 e. The predicted octanol–water partition coefficient (Wildman–Crippen LogP) is 1.29. The van der Waals surface area contributed by atoms with E-state index < -0.39 is 0 Å². The summed E-state index contributed by atoms with van der Waals surface area (Å²) in [6.07, 6.45) is 1.13. The van der Waals surface area contributed by atoms with E-state index in [2.05, 4.69) is 12.2 Å². The number of ether oxygens (including phenoxy) is 2. The van der Waals surface area contributed by atoms with Crippen LogP contribution in [0, 0.1) is 5.92 Å². The third kappa shape index (κ3) is 9.80. The van der Waals surface area contributed by atoms with Gasteiger partial charge in [0, 0.05) is 26.9 Å². The Hall–Kier alpha value is -0.120. The van der Waals surface area contributed by atoms with Gasteiger partial charge in [-0.1, -0.05) is 6.92 Å². The van der Waals surface area contributed by atoms with Crippen molar-refractivity contribution >= 4 is 0 Å². The number of methoxy groups -OCH3 is 1. The van der Waals surface area contributed by atoms with Crippen LogP contribution in [-0.2, 0) is 9.47 Å². The molecule has 0 aromatic rings. The van der Waals surface area contributed by atoms with E-state index in [0.29, 0.717) is 5.92 Å². The largest absolute Gasteiger partial charge is 0.383 e. The van der Waals surface area contributed by atoms with Crippen molar-refractivity contribution in [2.45, 2.75) is 20.3 Å². The highest BCUT2D eigenvalue weighted by Gasteiger charge is 2.00. The van der Waals surface area contributed by atoms with Crippen molar-refractivity contribution in [1.82, 2.24) is 5.32 Å². The average Bonchev–Trinajstić information content (AvgIpc) is 2.13. The molecule has 0 aliphatic rings. The minimum atomic E-state index is 0.684. The second-order valence-electron chi connectivity index (χ2n) is 3.29. The highest BCUT2D eigenvalue weighted by molar-refractivity contribution is 4.56. The van der Waals surface area contributed by atoms with Gasteiger partial charge in [-0.15, -0.1) is 0 Å². The molecule has 0 aromatic heterocycles. The first kappa shape index (κ1) is 12.9. The van der Waals surface area contributed by atoms with Crippen LogP contribution in [0.1, 0.15) is 20.3 Å². The molecule has 0 aliphatic heterocycles. The van der Waals surface area contributed by atoms with Crippen molar-refractivity contribution in [2.75, 3.05) is 40.0 Å². The molecule has 1 atom stereocenters. The Balaban J connectivity index is 3.05. The van der Waals surface area contributed by atoms with Crippen LogP contribution in [0.15, 0.2) is 0 Å². The molecule has 13 heavy (non-hydrogen) atoms. The summed E-state index contributed by atoms with van der Waals surface area (Å²) in [7, 11) is 1.72. The first-order valence-electron chi connectivity index (χ1n) is 5.08. The molecule has 80 valence electrons. The molecule has 0 radical (unpaired) electrons. The minimum absolute atomic E-state index is 0.684. The van der Waals surface area contributed by atoms with Crippen LogP contribution in [0.3, 0.4) is 0 Å². The van der Waals surface area contributed by atoms with Crippen LogP contribution in [0.2, 0.25) is 0 Å². The standard InChI is InChI=1S/C10H23NO2/c1-4-13-7-5-10(2)9-11-6-8-12-3/h10-11H,4-9H2,1-3H3. The lowest BCUT2D eigenvalue weighted by atomic mass is 10.1. The molecule has 0 bridgehead atoms. The third-order valence-corrected chi connectivity index (χ3v) is 1.93. The van der Waals surface area contributed by atoms with Gasteiger partial charge in [-0.3, -0.25) is 0 Å². The number of nitrogens with one attached hydrogen (secondary N) is 1. The molecular formula is C10H23NO2. The molecule has 3 nitrogen and oxygen atoms in total. The fourth-order valence-corrected chi connectivity index (χ4v) is 1.05. The summed E-state index contributed by atoms with van der Waals surface area (Å²) in [6, 6.07) is 0. The van der Waals surface area contributed by atoms with Gasteiger partial charge < -0.3 is 14.8 Å². The molecular weight excluding hydrogens is 166 g/mol. The lowest BCUT2D eigenvalue weighted by Crippen LogP contribution is -2.25. The quantitative estimate of drug-likeness (QED) is 0.554. The van der Waals surface area contributed by atoms with Crippen molar-refractivity contribution in [2.24, 2.45) is 5.92 Å². The van der Waals surface area contributed by atoms with Gasteiger partial charge in [-0.2, -0.15) is 0 Å². The Morgan fingerprint density at radius 2 is 2.08 bits per heavy atom. The van der Waals surface area contributed by atoms with Gasteiger partial charge in [0.25, 0.3) is 0 Å². The van der Waals surface area contributed by atoms with E-state index in [1.54, 1.807) is 7.11 Å². The van der Waals surface area contributed by atoms with E-state index in [1.165, 1.54) is 0 Å². The maximum Gasteiger partial charge on any atom is 0.0587 e. The Kier molecular flexibility index (Phi) is 9.87. The Bertz CT molecular complexity index is 98.9. The molecule has 1 unspecified atom stereocenters. The van der Waals surface area contributed by atoms with E-state index in [-0.39, 0.29) is 0 Å². The predicted molar refractivity (Wildman–Crippen MR) is 55.0 cm³/mol. The van der Waals surface area contributed by atoms with Crippen molar-refractivity contribution in [3.8, 4) is 0 Å². The molecule has 0 aliphatic carbocycles. The lowest BCUT2D eigenvalue weighted by Gasteiger charge is -2.11. The SMILES string of the molecule is CCOCCC(C)CNCCOC. The second kappa shape index (κ2) is 9.96. The van der Waals surface area contributed by atoms with Crippen molar-refractivity contribution in [3.05, 3.63) is 0 Å². The summed E-state index contributed by atoms with van der Waals surface area (Å²) in [5, 5.41) is 3.33. The topological polar surface area (TPSA) is 30.5 Å². The zero-order valence-electron chi connectivity index (χ0n) is 9.14. The van der Waals surface area contributed by atoms with E-state index in [1.807, 2.05) is 6.92 Å². The summed E-state index contributed by atoms with van der Waals surface area (Å²) in [5.41, 5.74) is 0. The monoisotopic (exact) mass is 189 g/mol. The van der Waals surface area contributed by atoms with Crippen molar-refractivity contribution in [1.29, 1.82) is 0 Å². The van der Waals surface area contributed by atoms with E-state index in [9.17, 15) is 0 Å². The molecule has 0 saturated carbocycles. The van der Waals surface area contributed by atoms with Gasteiger partial charge >= 0.3 is 0 Å². The summed E-state index contributed by atoms with van der Waals surface area (Å²) < 4.78 is 10.2. The first-order valence-corrected chi connectivity index (χ1v) is 5.08. The van der Waals surface area contributed by atoms with Crippen molar-refractivity contribution < 1.29 is 9.47 Å². The Labute approximate surface area is 81.8 Å². The average molecular weight is 189 g/mol. The van der Waals surface area contributed by atoms with E-state index in [0.717, 1.165) is 39.3 Å². The van der Waals surface area contributed by atoms with E-state index in [4.69, 9.17) is 9.47 Å². The maximum atomic E-state index is 5.28. The third-order valence-electron chi connectivity index (χ3n) is 1.93. The van der Waals surface area contributed by atoms with Crippen LogP contribution < -0.4 is 5.32 Å². The summed E-state index contributed by atoms with van der Waals surface area (Å²) in [4.78, 5) is 0. The fraction of sp³-hybridized carbons (Fsp3) is 1.00. The van der Waals surface area contributed by atoms with Gasteiger partial charge in [0.15, 0.2) is 0 Å². The van der Waals surface area contributed by atoms with Crippen LogP contribution in [0.4, 0.5) is 0 Å². The molecule has 0 heterocycles. The van der Waals surface area contributed by atoms with Gasteiger partial charge in [0.05, 0.1) is 6.61 Å². The molecule has 1 N–H and O–H groups in total. The number of hydrogen-bond acceptors (Lipinski definition) is 3. The summed E-state index contributed by atoms with van der Waals surface area (Å²) in [6.45, 7) is 8.75. The molecule has 0 saturated heterocycles.